The first-order valence-corrected chi connectivity index (χ1v) is 9.91. The van der Waals surface area contributed by atoms with Crippen LogP contribution in [0.2, 0.25) is 0 Å². The summed E-state index contributed by atoms with van der Waals surface area (Å²) in [6, 6.07) is 10.3. The average molecular weight is 372 g/mol. The second kappa shape index (κ2) is 8.09. The molecule has 26 heavy (non-hydrogen) atoms. The van der Waals surface area contributed by atoms with E-state index in [9.17, 15) is 13.2 Å². The van der Waals surface area contributed by atoms with E-state index in [0.717, 1.165) is 24.9 Å². The van der Waals surface area contributed by atoms with Gasteiger partial charge in [0.15, 0.2) is 0 Å². The number of aliphatic imine (C=N–C) groups is 1. The van der Waals surface area contributed by atoms with Crippen LogP contribution in [0.3, 0.4) is 0 Å². The van der Waals surface area contributed by atoms with Crippen LogP contribution in [0.4, 0.5) is 5.69 Å². The summed E-state index contributed by atoms with van der Waals surface area (Å²) in [5.74, 6) is 0.371. The van der Waals surface area contributed by atoms with Crippen LogP contribution < -0.4 is 10.0 Å². The lowest BCUT2D eigenvalue weighted by Crippen LogP contribution is -2.22. The van der Waals surface area contributed by atoms with Gasteiger partial charge in [0.2, 0.25) is 5.91 Å². The fourth-order valence-electron chi connectivity index (χ4n) is 2.68. The largest absolute Gasteiger partial charge is 0.326 e. The molecule has 0 saturated heterocycles. The summed E-state index contributed by atoms with van der Waals surface area (Å²) >= 11 is 0. The lowest BCUT2D eigenvalue weighted by atomic mass is 10.2. The Labute approximate surface area is 152 Å². The normalized spacial score (nSPS) is 16.1. The topological polar surface area (TPSA) is 101 Å². The number of hydrogen-bond donors (Lipinski definition) is 2. The molecule has 0 fully saturated rings. The molecule has 0 spiro atoms. The number of pyridine rings is 1. The van der Waals surface area contributed by atoms with Crippen LogP contribution in [-0.4, -0.2) is 31.7 Å². The molecular weight excluding hydrogens is 352 g/mol. The van der Waals surface area contributed by atoms with E-state index < -0.39 is 10.0 Å². The van der Waals surface area contributed by atoms with Gasteiger partial charge in [0.1, 0.15) is 5.84 Å². The zero-order chi connectivity index (χ0) is 18.4. The number of carbonyl (C=O) groups is 1. The van der Waals surface area contributed by atoms with E-state index in [1.54, 1.807) is 48.8 Å². The molecule has 136 valence electrons. The Morgan fingerprint density at radius 1 is 1.08 bits per heavy atom. The minimum Gasteiger partial charge on any atom is -0.326 e. The van der Waals surface area contributed by atoms with Crippen molar-refractivity contribution in [3.8, 4) is 0 Å². The minimum absolute atomic E-state index is 0.0278. The smallest absolute Gasteiger partial charge is 0.263 e. The molecule has 0 unspecified atom stereocenters. The summed E-state index contributed by atoms with van der Waals surface area (Å²) in [5, 5.41) is 2.81. The predicted octanol–water partition coefficient (Wildman–Crippen LogP) is 2.32. The van der Waals surface area contributed by atoms with Crippen LogP contribution in [-0.2, 0) is 14.8 Å². The van der Waals surface area contributed by atoms with Gasteiger partial charge in [-0.15, -0.1) is 0 Å². The molecule has 1 aliphatic rings. The Balaban J connectivity index is 1.41. The minimum atomic E-state index is -3.48. The van der Waals surface area contributed by atoms with E-state index in [4.69, 9.17) is 0 Å². The first kappa shape index (κ1) is 18.1. The van der Waals surface area contributed by atoms with E-state index in [1.165, 1.54) is 0 Å². The van der Waals surface area contributed by atoms with Gasteiger partial charge in [-0.05, 0) is 37.1 Å². The molecule has 8 heteroatoms. The predicted molar refractivity (Wildman–Crippen MR) is 99.5 cm³/mol. The van der Waals surface area contributed by atoms with Gasteiger partial charge >= 0.3 is 0 Å². The fourth-order valence-corrected chi connectivity index (χ4v) is 3.93. The Bertz CT molecular complexity index is 911. The number of nitrogens with one attached hydrogen (secondary N) is 2. The number of benzene rings is 1. The summed E-state index contributed by atoms with van der Waals surface area (Å²) in [7, 11) is -3.48. The summed E-state index contributed by atoms with van der Waals surface area (Å²) in [6.07, 6.45) is 6.08. The molecule has 0 atom stereocenters. The zero-order valence-electron chi connectivity index (χ0n) is 14.2. The molecule has 0 bridgehead atoms. The first-order valence-electron chi connectivity index (χ1n) is 8.43. The number of amides is 1. The van der Waals surface area contributed by atoms with E-state index in [2.05, 4.69) is 20.0 Å². The molecule has 2 heterocycles. The molecule has 1 aromatic heterocycles. The maximum atomic E-state index is 12.0. The molecule has 1 amide bonds. The van der Waals surface area contributed by atoms with Gasteiger partial charge in [-0.25, -0.2) is 8.42 Å². The third-order valence-corrected chi connectivity index (χ3v) is 5.36. The highest BCUT2D eigenvalue weighted by Gasteiger charge is 2.29. The van der Waals surface area contributed by atoms with Crippen LogP contribution >= 0.6 is 0 Å². The van der Waals surface area contributed by atoms with Crippen molar-refractivity contribution in [3.05, 3.63) is 54.4 Å². The van der Waals surface area contributed by atoms with Crippen molar-refractivity contribution in [1.82, 2.24) is 9.71 Å². The van der Waals surface area contributed by atoms with Crippen LogP contribution in [0.15, 0.2) is 58.7 Å². The van der Waals surface area contributed by atoms with Crippen LogP contribution in [0.5, 0.6) is 0 Å². The molecule has 1 aliphatic heterocycles. The molecule has 3 rings (SSSR count). The Morgan fingerprint density at radius 3 is 2.65 bits per heavy atom. The molecule has 7 nitrogen and oxygen atoms in total. The Morgan fingerprint density at radius 2 is 1.85 bits per heavy atom. The summed E-state index contributed by atoms with van der Waals surface area (Å²) in [4.78, 5) is 20.4. The maximum Gasteiger partial charge on any atom is 0.263 e. The van der Waals surface area contributed by atoms with Crippen LogP contribution in [0, 0.1) is 0 Å². The van der Waals surface area contributed by atoms with Gasteiger partial charge in [-0.2, -0.15) is 0 Å². The first-order chi connectivity index (χ1) is 12.6. The average Bonchev–Trinajstić information content (AvgIpc) is 2.90. The second-order valence-corrected chi connectivity index (χ2v) is 7.58. The lowest BCUT2D eigenvalue weighted by Gasteiger charge is -2.04. The van der Waals surface area contributed by atoms with Gasteiger partial charge in [-0.3, -0.25) is 19.5 Å². The molecule has 0 radical (unpaired) electrons. The number of nitrogens with zero attached hydrogens (tertiary/aromatic N) is 2. The summed E-state index contributed by atoms with van der Waals surface area (Å²) < 4.78 is 26.5. The van der Waals surface area contributed by atoms with Gasteiger partial charge in [0.25, 0.3) is 10.0 Å². The number of rotatable bonds is 7. The molecule has 1 aromatic carbocycles. The highest BCUT2D eigenvalue weighted by molar-refractivity contribution is 7.90. The lowest BCUT2D eigenvalue weighted by molar-refractivity contribution is -0.116. The number of unbranched alkanes of at least 4 members (excludes halogenated alkanes) is 2. The number of aromatic nitrogens is 1. The maximum absolute atomic E-state index is 12.0. The Kier molecular flexibility index (Phi) is 5.62. The number of hydrogen-bond acceptors (Lipinski definition) is 5. The summed E-state index contributed by atoms with van der Waals surface area (Å²) in [6.45, 7) is 0.512. The fraction of sp³-hybridized carbons (Fsp3) is 0.278. The number of sulfonamides is 1. The third kappa shape index (κ3) is 4.45. The molecule has 0 saturated carbocycles. The van der Waals surface area contributed by atoms with Crippen molar-refractivity contribution in [2.75, 3.05) is 11.9 Å². The van der Waals surface area contributed by atoms with E-state index in [0.29, 0.717) is 24.4 Å². The van der Waals surface area contributed by atoms with Crippen molar-refractivity contribution in [1.29, 1.82) is 0 Å². The van der Waals surface area contributed by atoms with Gasteiger partial charge in [0.05, 0.1) is 4.90 Å². The van der Waals surface area contributed by atoms with E-state index >= 15 is 0 Å². The van der Waals surface area contributed by atoms with E-state index in [-0.39, 0.29) is 10.8 Å². The van der Waals surface area contributed by atoms with Crippen molar-refractivity contribution in [2.45, 2.75) is 30.6 Å². The zero-order valence-corrected chi connectivity index (χ0v) is 15.0. The summed E-state index contributed by atoms with van der Waals surface area (Å²) in [5.41, 5.74) is 1.35. The van der Waals surface area contributed by atoms with Gasteiger partial charge < -0.3 is 5.32 Å². The van der Waals surface area contributed by atoms with Gasteiger partial charge in [-0.1, -0.05) is 18.6 Å². The van der Waals surface area contributed by atoms with Gasteiger partial charge in [0, 0.05) is 36.6 Å². The molecule has 2 N–H and O–H groups in total. The Hall–Kier alpha value is -2.74. The van der Waals surface area contributed by atoms with Crippen molar-refractivity contribution in [3.63, 3.8) is 0 Å². The van der Waals surface area contributed by atoms with E-state index in [1.807, 2.05) is 0 Å². The third-order valence-electron chi connectivity index (χ3n) is 3.96. The monoisotopic (exact) mass is 372 g/mol. The standard InChI is InChI=1S/C18H20N4O3S/c23-17(21-14-9-12-19-13-10-14)8-2-1-5-11-20-18-15-6-3-4-7-16(15)26(24,25)22-18/h3-4,6-7,9-10,12-13H,1-2,5,8,11H2,(H,20,22)(H,19,21,23). The molecule has 2 aromatic rings. The highest BCUT2D eigenvalue weighted by atomic mass is 32.2. The van der Waals surface area contributed by atoms with Crippen molar-refractivity contribution < 1.29 is 13.2 Å². The SMILES string of the molecule is O=C(CCCCCN=C1NS(=O)(=O)c2ccccc21)Nc1ccncc1. The van der Waals surface area contributed by atoms with Crippen LogP contribution in [0.25, 0.3) is 0 Å². The van der Waals surface area contributed by atoms with Crippen LogP contribution in [0.1, 0.15) is 31.2 Å². The highest BCUT2D eigenvalue weighted by Crippen LogP contribution is 2.22. The number of amidine groups is 1. The molecular formula is C18H20N4O3S. The number of carbonyl (C=O) groups excluding carboxylic acids is 1. The number of anilines is 1. The van der Waals surface area contributed by atoms with Crippen molar-refractivity contribution in [2.24, 2.45) is 4.99 Å². The number of fused-ring (bicyclic) bond motifs is 1. The quantitative estimate of drug-likeness (QED) is 0.728. The molecule has 0 aliphatic carbocycles. The van der Waals surface area contributed by atoms with Crippen molar-refractivity contribution >= 4 is 27.5 Å². The second-order valence-electron chi connectivity index (χ2n) is 5.93.